The van der Waals surface area contributed by atoms with Crippen LogP contribution < -0.4 is 0 Å². The molecular formula is C18H14Cl2O4. The van der Waals surface area contributed by atoms with Gasteiger partial charge in [-0.1, -0.05) is 35.3 Å². The van der Waals surface area contributed by atoms with Gasteiger partial charge in [0, 0.05) is 22.0 Å². The Morgan fingerprint density at radius 3 is 1.88 bits per heavy atom. The summed E-state index contributed by atoms with van der Waals surface area (Å²) in [4.78, 5) is 35.3. The van der Waals surface area contributed by atoms with Crippen molar-refractivity contribution in [1.82, 2.24) is 0 Å². The van der Waals surface area contributed by atoms with Crippen LogP contribution in [-0.2, 0) is 20.7 Å². The van der Waals surface area contributed by atoms with Gasteiger partial charge in [-0.15, -0.1) is 0 Å². The second-order valence-corrected chi connectivity index (χ2v) is 5.95. The summed E-state index contributed by atoms with van der Waals surface area (Å²) in [7, 11) is 0. The third kappa shape index (κ3) is 5.80. The summed E-state index contributed by atoms with van der Waals surface area (Å²) in [5.41, 5.74) is 1.15. The van der Waals surface area contributed by atoms with Crippen molar-refractivity contribution in [2.45, 2.75) is 19.3 Å². The Morgan fingerprint density at radius 2 is 1.29 bits per heavy atom. The number of ether oxygens (including phenoxy) is 1. The van der Waals surface area contributed by atoms with Crippen LogP contribution in [0.4, 0.5) is 0 Å². The summed E-state index contributed by atoms with van der Waals surface area (Å²) in [6, 6.07) is 13.0. The minimum Gasteiger partial charge on any atom is -0.393 e. The smallest absolute Gasteiger partial charge is 0.317 e. The van der Waals surface area contributed by atoms with Crippen LogP contribution in [0.25, 0.3) is 0 Å². The van der Waals surface area contributed by atoms with Crippen molar-refractivity contribution in [2.24, 2.45) is 0 Å². The highest BCUT2D eigenvalue weighted by molar-refractivity contribution is 6.30. The van der Waals surface area contributed by atoms with Gasteiger partial charge in [0.05, 0.1) is 12.8 Å². The lowest BCUT2D eigenvalue weighted by atomic mass is 10.1. The van der Waals surface area contributed by atoms with Crippen molar-refractivity contribution >= 4 is 40.9 Å². The maximum Gasteiger partial charge on any atom is 0.317 e. The van der Waals surface area contributed by atoms with Crippen LogP contribution in [0.5, 0.6) is 0 Å². The highest BCUT2D eigenvalue weighted by Gasteiger charge is 2.14. The molecule has 0 saturated carbocycles. The normalized spacial score (nSPS) is 10.2. The van der Waals surface area contributed by atoms with E-state index in [1.807, 2.05) is 0 Å². The maximum atomic E-state index is 11.9. The standard InChI is InChI=1S/C18H14Cl2O4/c19-14-5-1-12(2-6-14)11-18(23)24-17(22)10-9-16(21)13-3-7-15(20)8-4-13/h1-8H,9-11H2. The average Bonchev–Trinajstić information content (AvgIpc) is 2.55. The van der Waals surface area contributed by atoms with Gasteiger partial charge in [0.2, 0.25) is 0 Å². The minimum absolute atomic E-state index is 0.0330. The van der Waals surface area contributed by atoms with Crippen molar-refractivity contribution < 1.29 is 19.1 Å². The van der Waals surface area contributed by atoms with E-state index < -0.39 is 11.9 Å². The van der Waals surface area contributed by atoms with Gasteiger partial charge >= 0.3 is 11.9 Å². The van der Waals surface area contributed by atoms with E-state index >= 15 is 0 Å². The lowest BCUT2D eigenvalue weighted by Gasteiger charge is -2.04. The molecule has 24 heavy (non-hydrogen) atoms. The zero-order valence-electron chi connectivity index (χ0n) is 12.6. The fourth-order valence-corrected chi connectivity index (χ4v) is 2.23. The van der Waals surface area contributed by atoms with Crippen molar-refractivity contribution in [3.05, 3.63) is 69.7 Å². The first-order chi connectivity index (χ1) is 11.4. The summed E-state index contributed by atoms with van der Waals surface area (Å²) >= 11 is 11.5. The molecule has 6 heteroatoms. The summed E-state index contributed by atoms with van der Waals surface area (Å²) in [6.07, 6.45) is -0.226. The molecule has 0 heterocycles. The predicted octanol–water partition coefficient (Wildman–Crippen LogP) is 4.27. The first-order valence-electron chi connectivity index (χ1n) is 7.21. The van der Waals surface area contributed by atoms with Gasteiger partial charge < -0.3 is 4.74 Å². The maximum absolute atomic E-state index is 11.9. The van der Waals surface area contributed by atoms with Crippen molar-refractivity contribution in [3.63, 3.8) is 0 Å². The lowest BCUT2D eigenvalue weighted by Crippen LogP contribution is -2.15. The molecule has 0 aliphatic heterocycles. The van der Waals surface area contributed by atoms with Crippen LogP contribution in [0.2, 0.25) is 10.0 Å². The van der Waals surface area contributed by atoms with Gasteiger partial charge in [0.25, 0.3) is 0 Å². The molecule has 0 unspecified atom stereocenters. The molecule has 0 N–H and O–H groups in total. The zero-order chi connectivity index (χ0) is 17.5. The van der Waals surface area contributed by atoms with Crippen LogP contribution in [0.15, 0.2) is 48.5 Å². The van der Waals surface area contributed by atoms with Gasteiger partial charge in [-0.2, -0.15) is 0 Å². The molecule has 0 bridgehead atoms. The number of halogens is 2. The lowest BCUT2D eigenvalue weighted by molar-refractivity contribution is -0.159. The first-order valence-corrected chi connectivity index (χ1v) is 7.96. The molecule has 0 aromatic heterocycles. The van der Waals surface area contributed by atoms with E-state index in [9.17, 15) is 14.4 Å². The van der Waals surface area contributed by atoms with E-state index in [0.29, 0.717) is 21.2 Å². The van der Waals surface area contributed by atoms with Crippen molar-refractivity contribution in [3.8, 4) is 0 Å². The molecule has 2 rings (SSSR count). The van der Waals surface area contributed by atoms with E-state index in [4.69, 9.17) is 27.9 Å². The van der Waals surface area contributed by atoms with Gasteiger partial charge in [-0.05, 0) is 42.0 Å². The van der Waals surface area contributed by atoms with Gasteiger partial charge in [-0.25, -0.2) is 0 Å². The predicted molar refractivity (Wildman–Crippen MR) is 91.3 cm³/mol. The molecule has 2 aromatic rings. The van der Waals surface area contributed by atoms with E-state index in [1.54, 1.807) is 48.5 Å². The molecule has 0 aliphatic rings. The summed E-state index contributed by atoms with van der Waals surface area (Å²) in [5, 5.41) is 1.09. The van der Waals surface area contributed by atoms with Crippen LogP contribution in [0.1, 0.15) is 28.8 Å². The first kappa shape index (κ1) is 18.2. The van der Waals surface area contributed by atoms with E-state index in [1.165, 1.54) is 0 Å². The molecule has 0 amide bonds. The largest absolute Gasteiger partial charge is 0.393 e. The number of esters is 2. The Hall–Kier alpha value is -2.17. The van der Waals surface area contributed by atoms with Crippen molar-refractivity contribution in [1.29, 1.82) is 0 Å². The Morgan fingerprint density at radius 1 is 0.750 bits per heavy atom. The molecule has 0 radical (unpaired) electrons. The number of carbonyl (C=O) groups is 3. The van der Waals surface area contributed by atoms with E-state index in [2.05, 4.69) is 0 Å². The SMILES string of the molecule is O=C(CCC(=O)c1ccc(Cl)cc1)OC(=O)Cc1ccc(Cl)cc1. The molecule has 0 fully saturated rings. The summed E-state index contributed by atoms with van der Waals surface area (Å²) in [6.45, 7) is 0. The van der Waals surface area contributed by atoms with Crippen LogP contribution in [0, 0.1) is 0 Å². The van der Waals surface area contributed by atoms with Gasteiger partial charge in [0.1, 0.15) is 0 Å². The Balaban J connectivity index is 1.78. The molecule has 0 atom stereocenters. The quantitative estimate of drug-likeness (QED) is 0.436. The summed E-state index contributed by atoms with van der Waals surface area (Å²) < 4.78 is 4.71. The number of ketones is 1. The number of benzene rings is 2. The second-order valence-electron chi connectivity index (χ2n) is 5.08. The zero-order valence-corrected chi connectivity index (χ0v) is 14.1. The second kappa shape index (κ2) is 8.62. The monoisotopic (exact) mass is 364 g/mol. The number of carbonyl (C=O) groups excluding carboxylic acids is 3. The topological polar surface area (TPSA) is 60.4 Å². The molecule has 0 spiro atoms. The Bertz CT molecular complexity index is 737. The average molecular weight is 365 g/mol. The van der Waals surface area contributed by atoms with Crippen LogP contribution in [0.3, 0.4) is 0 Å². The van der Waals surface area contributed by atoms with E-state index in [-0.39, 0.29) is 25.0 Å². The molecule has 0 aliphatic carbocycles. The highest BCUT2D eigenvalue weighted by Crippen LogP contribution is 2.13. The van der Waals surface area contributed by atoms with Crippen LogP contribution in [-0.4, -0.2) is 17.7 Å². The fourth-order valence-electron chi connectivity index (χ4n) is 1.98. The number of hydrogen-bond acceptors (Lipinski definition) is 4. The minimum atomic E-state index is -0.726. The highest BCUT2D eigenvalue weighted by atomic mass is 35.5. The summed E-state index contributed by atoms with van der Waals surface area (Å²) in [5.74, 6) is -1.61. The molecule has 124 valence electrons. The van der Waals surface area contributed by atoms with Crippen LogP contribution >= 0.6 is 23.2 Å². The number of Topliss-reactive ketones (excluding diaryl/α,β-unsaturated/α-hetero) is 1. The number of hydrogen-bond donors (Lipinski definition) is 0. The molecule has 4 nitrogen and oxygen atoms in total. The van der Waals surface area contributed by atoms with E-state index in [0.717, 1.165) is 0 Å². The third-order valence-electron chi connectivity index (χ3n) is 3.21. The third-order valence-corrected chi connectivity index (χ3v) is 3.72. The number of rotatable bonds is 6. The van der Waals surface area contributed by atoms with Crippen molar-refractivity contribution in [2.75, 3.05) is 0 Å². The Kier molecular flexibility index (Phi) is 6.53. The Labute approximate surface area is 149 Å². The molecule has 2 aromatic carbocycles. The van der Waals surface area contributed by atoms with Gasteiger partial charge in [0.15, 0.2) is 5.78 Å². The van der Waals surface area contributed by atoms with Gasteiger partial charge in [-0.3, -0.25) is 14.4 Å². The molecular weight excluding hydrogens is 351 g/mol. The molecule has 0 saturated heterocycles. The fraction of sp³-hybridized carbons (Fsp3) is 0.167.